The highest BCUT2D eigenvalue weighted by molar-refractivity contribution is 6.31. The van der Waals surface area contributed by atoms with E-state index in [-0.39, 0.29) is 5.91 Å². The molecule has 122 valence electrons. The van der Waals surface area contributed by atoms with Crippen LogP contribution in [0.2, 0.25) is 5.02 Å². The van der Waals surface area contributed by atoms with Crippen LogP contribution >= 0.6 is 11.6 Å². The van der Waals surface area contributed by atoms with Crippen LogP contribution < -0.4 is 10.6 Å². The smallest absolute Gasteiger partial charge is 0.258 e. The lowest BCUT2D eigenvalue weighted by Crippen LogP contribution is -2.14. The molecule has 2 heterocycles. The lowest BCUT2D eigenvalue weighted by Gasteiger charge is -2.08. The van der Waals surface area contributed by atoms with Crippen molar-refractivity contribution < 1.29 is 9.32 Å². The van der Waals surface area contributed by atoms with Gasteiger partial charge in [0, 0.05) is 29.2 Å². The Labute approximate surface area is 143 Å². The van der Waals surface area contributed by atoms with Crippen LogP contribution in [-0.4, -0.2) is 21.0 Å². The molecule has 3 aromatic rings. The van der Waals surface area contributed by atoms with Crippen molar-refractivity contribution in [1.82, 2.24) is 15.1 Å². The van der Waals surface area contributed by atoms with E-state index in [0.717, 1.165) is 5.56 Å². The predicted molar refractivity (Wildman–Crippen MR) is 90.7 cm³/mol. The van der Waals surface area contributed by atoms with Crippen molar-refractivity contribution in [2.24, 2.45) is 0 Å². The van der Waals surface area contributed by atoms with Crippen LogP contribution in [0.3, 0.4) is 0 Å². The number of aromatic nitrogens is 3. The largest absolute Gasteiger partial charge is 0.360 e. The maximum absolute atomic E-state index is 12.3. The Hall–Kier alpha value is -2.93. The zero-order valence-corrected chi connectivity index (χ0v) is 13.8. The van der Waals surface area contributed by atoms with Crippen molar-refractivity contribution in [2.75, 3.05) is 10.6 Å². The summed E-state index contributed by atoms with van der Waals surface area (Å²) in [5, 5.41) is 10.0. The minimum atomic E-state index is -0.316. The molecule has 7 nitrogen and oxygen atoms in total. The third-order valence-electron chi connectivity index (χ3n) is 3.23. The number of carbonyl (C=O) groups excluding carboxylic acids is 1. The lowest BCUT2D eigenvalue weighted by molar-refractivity contribution is 0.102. The third-order valence-corrected chi connectivity index (χ3v) is 3.46. The minimum absolute atomic E-state index is 0.316. The summed E-state index contributed by atoms with van der Waals surface area (Å²) < 4.78 is 4.94. The Kier molecular flexibility index (Phi) is 4.43. The monoisotopic (exact) mass is 343 g/mol. The van der Waals surface area contributed by atoms with Gasteiger partial charge >= 0.3 is 0 Å². The molecule has 0 atom stereocenters. The Balaban J connectivity index is 1.70. The first kappa shape index (κ1) is 15.9. The summed E-state index contributed by atoms with van der Waals surface area (Å²) in [6, 6.07) is 7.01. The molecule has 24 heavy (non-hydrogen) atoms. The second-order valence-corrected chi connectivity index (χ2v) is 5.59. The molecule has 0 saturated carbocycles. The van der Waals surface area contributed by atoms with Crippen molar-refractivity contribution in [1.29, 1.82) is 0 Å². The van der Waals surface area contributed by atoms with Crippen LogP contribution in [0.4, 0.5) is 17.5 Å². The van der Waals surface area contributed by atoms with Crippen LogP contribution in [-0.2, 0) is 0 Å². The second-order valence-electron chi connectivity index (χ2n) is 5.16. The van der Waals surface area contributed by atoms with E-state index in [1.54, 1.807) is 25.1 Å². The fraction of sp³-hybridized carbons (Fsp3) is 0.125. The topological polar surface area (TPSA) is 92.9 Å². The molecule has 0 aliphatic carbocycles. The molecular formula is C16H14ClN5O2. The fourth-order valence-corrected chi connectivity index (χ4v) is 2.15. The standard InChI is InChI=1S/C16H14ClN5O2/c1-9-3-4-12(17)6-13(9)20-15(23)11-7-18-16(19-8-11)21-14-5-10(2)24-22-14/h3-8H,1-2H3,(H,20,23)(H,18,19,21,22). The third kappa shape index (κ3) is 3.69. The first-order valence-electron chi connectivity index (χ1n) is 7.11. The average molecular weight is 344 g/mol. The maximum Gasteiger partial charge on any atom is 0.258 e. The molecule has 0 aliphatic heterocycles. The number of hydrogen-bond donors (Lipinski definition) is 2. The molecule has 0 unspecified atom stereocenters. The molecule has 1 aromatic carbocycles. The fourth-order valence-electron chi connectivity index (χ4n) is 1.97. The number of halogens is 1. The second kappa shape index (κ2) is 6.67. The summed E-state index contributed by atoms with van der Waals surface area (Å²) in [6.45, 7) is 3.67. The highest BCUT2D eigenvalue weighted by Crippen LogP contribution is 2.21. The number of hydrogen-bond acceptors (Lipinski definition) is 6. The summed E-state index contributed by atoms with van der Waals surface area (Å²) in [6.07, 6.45) is 2.86. The first-order chi connectivity index (χ1) is 11.5. The van der Waals surface area contributed by atoms with Gasteiger partial charge < -0.3 is 15.2 Å². The van der Waals surface area contributed by atoms with E-state index in [1.165, 1.54) is 12.4 Å². The summed E-state index contributed by atoms with van der Waals surface area (Å²) in [7, 11) is 0. The van der Waals surface area contributed by atoms with Crippen molar-refractivity contribution in [3.63, 3.8) is 0 Å². The minimum Gasteiger partial charge on any atom is -0.360 e. The summed E-state index contributed by atoms with van der Waals surface area (Å²) in [5.41, 5.74) is 1.89. The van der Waals surface area contributed by atoms with Gasteiger partial charge in [0.2, 0.25) is 5.95 Å². The molecule has 1 amide bonds. The van der Waals surface area contributed by atoms with E-state index in [2.05, 4.69) is 25.8 Å². The lowest BCUT2D eigenvalue weighted by atomic mass is 10.2. The molecule has 0 fully saturated rings. The van der Waals surface area contributed by atoms with E-state index >= 15 is 0 Å². The number of amides is 1. The predicted octanol–water partition coefficient (Wildman–Crippen LogP) is 3.73. The van der Waals surface area contributed by atoms with Crippen LogP contribution in [0, 0.1) is 13.8 Å². The van der Waals surface area contributed by atoms with E-state index < -0.39 is 0 Å². The normalized spacial score (nSPS) is 10.5. The molecular weight excluding hydrogens is 330 g/mol. The SMILES string of the molecule is Cc1cc(Nc2ncc(C(=O)Nc3cc(Cl)ccc3C)cn2)no1. The summed E-state index contributed by atoms with van der Waals surface area (Å²) >= 11 is 5.95. The molecule has 0 bridgehead atoms. The molecule has 0 aliphatic rings. The molecule has 8 heteroatoms. The number of anilines is 3. The van der Waals surface area contributed by atoms with Gasteiger partial charge in [0.25, 0.3) is 5.91 Å². The van der Waals surface area contributed by atoms with Crippen molar-refractivity contribution in [3.05, 3.63) is 58.6 Å². The van der Waals surface area contributed by atoms with Gasteiger partial charge in [-0.15, -0.1) is 0 Å². The molecule has 3 rings (SSSR count). The van der Waals surface area contributed by atoms with Gasteiger partial charge in [-0.3, -0.25) is 4.79 Å². The van der Waals surface area contributed by atoms with Crippen LogP contribution in [0.15, 0.2) is 41.2 Å². The van der Waals surface area contributed by atoms with Crippen LogP contribution in [0.5, 0.6) is 0 Å². The summed E-state index contributed by atoms with van der Waals surface area (Å²) in [4.78, 5) is 20.5. The molecule has 2 aromatic heterocycles. The zero-order valence-electron chi connectivity index (χ0n) is 13.0. The number of benzene rings is 1. The van der Waals surface area contributed by atoms with Crippen molar-refractivity contribution in [3.8, 4) is 0 Å². The molecule has 0 saturated heterocycles. The van der Waals surface area contributed by atoms with E-state index in [0.29, 0.717) is 33.8 Å². The maximum atomic E-state index is 12.3. The number of aryl methyl sites for hydroxylation is 2. The Bertz CT molecular complexity index is 876. The van der Waals surface area contributed by atoms with Gasteiger partial charge in [-0.2, -0.15) is 0 Å². The van der Waals surface area contributed by atoms with Crippen molar-refractivity contribution in [2.45, 2.75) is 13.8 Å². The number of carbonyl (C=O) groups is 1. The summed E-state index contributed by atoms with van der Waals surface area (Å²) in [5.74, 6) is 1.17. The van der Waals surface area contributed by atoms with Gasteiger partial charge in [-0.1, -0.05) is 22.8 Å². The van der Waals surface area contributed by atoms with Gasteiger partial charge in [0.05, 0.1) is 5.56 Å². The zero-order chi connectivity index (χ0) is 17.1. The van der Waals surface area contributed by atoms with E-state index in [4.69, 9.17) is 16.1 Å². The van der Waals surface area contributed by atoms with Gasteiger partial charge in [0.1, 0.15) is 5.76 Å². The quantitative estimate of drug-likeness (QED) is 0.749. The van der Waals surface area contributed by atoms with Crippen LogP contribution in [0.25, 0.3) is 0 Å². The molecule has 2 N–H and O–H groups in total. The number of rotatable bonds is 4. The van der Waals surface area contributed by atoms with E-state index in [9.17, 15) is 4.79 Å². The molecule has 0 radical (unpaired) electrons. The van der Waals surface area contributed by atoms with E-state index in [1.807, 2.05) is 13.0 Å². The first-order valence-corrected chi connectivity index (χ1v) is 7.49. The average Bonchev–Trinajstić information content (AvgIpc) is 2.96. The Morgan fingerprint density at radius 1 is 1.17 bits per heavy atom. The highest BCUT2D eigenvalue weighted by Gasteiger charge is 2.10. The number of nitrogens with zero attached hydrogens (tertiary/aromatic N) is 3. The number of nitrogens with one attached hydrogen (secondary N) is 2. The molecule has 0 spiro atoms. The van der Waals surface area contributed by atoms with Crippen molar-refractivity contribution >= 4 is 35.0 Å². The van der Waals surface area contributed by atoms with Gasteiger partial charge in [-0.25, -0.2) is 9.97 Å². The van der Waals surface area contributed by atoms with Gasteiger partial charge in [0.15, 0.2) is 5.82 Å². The Morgan fingerprint density at radius 3 is 2.58 bits per heavy atom. The Morgan fingerprint density at radius 2 is 1.92 bits per heavy atom. The highest BCUT2D eigenvalue weighted by atomic mass is 35.5. The van der Waals surface area contributed by atoms with Gasteiger partial charge in [-0.05, 0) is 31.5 Å². The van der Waals surface area contributed by atoms with Crippen LogP contribution in [0.1, 0.15) is 21.7 Å².